The van der Waals surface area contributed by atoms with Crippen molar-refractivity contribution in [1.82, 2.24) is 0 Å². The molecule has 0 spiro atoms. The molecule has 2 saturated heterocycles. The third-order valence-electron chi connectivity index (χ3n) is 2.58. The van der Waals surface area contributed by atoms with E-state index in [1.807, 2.05) is 0 Å². The lowest BCUT2D eigenvalue weighted by molar-refractivity contribution is -0.254. The first kappa shape index (κ1) is 10.3. The Morgan fingerprint density at radius 1 is 1.21 bits per heavy atom. The summed E-state index contributed by atoms with van der Waals surface area (Å²) >= 11 is 0. The molecule has 0 aromatic rings. The average molecular weight is 206 g/mol. The summed E-state index contributed by atoms with van der Waals surface area (Å²) < 4.78 is 15.6. The quantitative estimate of drug-likeness (QED) is 0.477. The van der Waals surface area contributed by atoms with Gasteiger partial charge in [-0.15, -0.1) is 0 Å². The number of hydrogen-bond acceptors (Lipinski definition) is 6. The molecule has 82 valence electrons. The third-order valence-corrected chi connectivity index (χ3v) is 2.58. The van der Waals surface area contributed by atoms with Gasteiger partial charge in [-0.2, -0.15) is 0 Å². The smallest absolute Gasteiger partial charge is 0.221 e. The van der Waals surface area contributed by atoms with Crippen LogP contribution in [0.1, 0.15) is 0 Å². The van der Waals surface area contributed by atoms with Gasteiger partial charge in [-0.05, 0) is 0 Å². The molecule has 0 aliphatic carbocycles. The number of aliphatic hydroxyl groups is 3. The fraction of sp³-hybridized carbons (Fsp3) is 1.00. The van der Waals surface area contributed by atoms with Crippen LogP contribution in [0.15, 0.2) is 0 Å². The molecule has 14 heavy (non-hydrogen) atoms. The summed E-state index contributed by atoms with van der Waals surface area (Å²) in [6.45, 7) is 0.328. The zero-order valence-corrected chi connectivity index (χ0v) is 7.63. The summed E-state index contributed by atoms with van der Waals surface area (Å²) in [6.07, 6.45) is -2.86. The standard InChI is InChI=1S/C8H14O6/c9-4-8(13-1-2-14-8)7-6(11)5(10)3-12-7/h5-7,9-11H,1-4H2/t5-,6+,7-/m0/s1. The number of rotatable bonds is 2. The molecule has 3 atom stereocenters. The summed E-state index contributed by atoms with van der Waals surface area (Å²) in [5.41, 5.74) is 0. The molecule has 2 heterocycles. The Kier molecular flexibility index (Phi) is 2.74. The second-order valence-electron chi connectivity index (χ2n) is 3.48. The summed E-state index contributed by atoms with van der Waals surface area (Å²) in [6, 6.07) is 0. The van der Waals surface area contributed by atoms with Crippen LogP contribution >= 0.6 is 0 Å². The number of hydrogen-bond donors (Lipinski definition) is 3. The van der Waals surface area contributed by atoms with Crippen molar-refractivity contribution in [3.05, 3.63) is 0 Å². The van der Waals surface area contributed by atoms with Gasteiger partial charge >= 0.3 is 0 Å². The fourth-order valence-corrected chi connectivity index (χ4v) is 1.80. The summed E-state index contributed by atoms with van der Waals surface area (Å²) in [4.78, 5) is 0. The minimum atomic E-state index is -1.31. The van der Waals surface area contributed by atoms with E-state index < -0.39 is 30.7 Å². The van der Waals surface area contributed by atoms with Gasteiger partial charge in [-0.25, -0.2) is 0 Å². The van der Waals surface area contributed by atoms with Gasteiger partial charge in [-0.3, -0.25) is 0 Å². The Labute approximate surface area is 81.0 Å². The zero-order chi connectivity index (χ0) is 10.2. The Morgan fingerprint density at radius 3 is 2.29 bits per heavy atom. The minimum absolute atomic E-state index is 0.0281. The highest BCUT2D eigenvalue weighted by Gasteiger charge is 2.53. The highest BCUT2D eigenvalue weighted by Crippen LogP contribution is 2.31. The maximum absolute atomic E-state index is 9.57. The molecule has 0 aromatic heterocycles. The molecule has 3 N–H and O–H groups in total. The van der Waals surface area contributed by atoms with Crippen LogP contribution in [0.4, 0.5) is 0 Å². The van der Waals surface area contributed by atoms with Crippen LogP contribution in [-0.4, -0.2) is 65.8 Å². The molecule has 2 fully saturated rings. The Hall–Kier alpha value is -0.240. The lowest BCUT2D eigenvalue weighted by Crippen LogP contribution is -2.52. The van der Waals surface area contributed by atoms with E-state index in [0.717, 1.165) is 0 Å². The van der Waals surface area contributed by atoms with Crippen molar-refractivity contribution >= 4 is 0 Å². The lowest BCUT2D eigenvalue weighted by Gasteiger charge is -2.32. The number of aliphatic hydroxyl groups excluding tert-OH is 3. The van der Waals surface area contributed by atoms with Gasteiger partial charge in [-0.1, -0.05) is 0 Å². The first-order valence-electron chi connectivity index (χ1n) is 4.56. The van der Waals surface area contributed by atoms with Crippen LogP contribution in [0.2, 0.25) is 0 Å². The maximum Gasteiger partial charge on any atom is 0.221 e. The molecule has 2 aliphatic rings. The monoisotopic (exact) mass is 206 g/mol. The molecule has 0 bridgehead atoms. The second-order valence-corrected chi connectivity index (χ2v) is 3.48. The molecule has 0 aromatic carbocycles. The predicted molar refractivity (Wildman–Crippen MR) is 43.5 cm³/mol. The summed E-state index contributed by atoms with van der Waals surface area (Å²) in [5, 5.41) is 28.0. The van der Waals surface area contributed by atoms with E-state index in [1.165, 1.54) is 0 Å². The molecular weight excluding hydrogens is 192 g/mol. The number of ether oxygens (including phenoxy) is 3. The van der Waals surface area contributed by atoms with Gasteiger partial charge in [0.15, 0.2) is 0 Å². The third kappa shape index (κ3) is 1.44. The van der Waals surface area contributed by atoms with Crippen LogP contribution in [0.25, 0.3) is 0 Å². The Bertz CT molecular complexity index is 202. The largest absolute Gasteiger partial charge is 0.391 e. The SMILES string of the molecule is OCC1([C@H]2OC[C@H](O)[C@H]2O)OCCO1. The normalized spacial score (nSPS) is 41.8. The van der Waals surface area contributed by atoms with Gasteiger partial charge in [0.05, 0.1) is 19.8 Å². The van der Waals surface area contributed by atoms with E-state index in [0.29, 0.717) is 13.2 Å². The van der Waals surface area contributed by atoms with Crippen LogP contribution in [0, 0.1) is 0 Å². The van der Waals surface area contributed by atoms with E-state index in [9.17, 15) is 10.2 Å². The van der Waals surface area contributed by atoms with Crippen molar-refractivity contribution in [3.8, 4) is 0 Å². The molecular formula is C8H14O6. The van der Waals surface area contributed by atoms with Gasteiger partial charge in [0.25, 0.3) is 0 Å². The topological polar surface area (TPSA) is 88.4 Å². The van der Waals surface area contributed by atoms with Crippen molar-refractivity contribution in [2.75, 3.05) is 26.4 Å². The van der Waals surface area contributed by atoms with Crippen LogP contribution in [-0.2, 0) is 14.2 Å². The first-order chi connectivity index (χ1) is 6.69. The van der Waals surface area contributed by atoms with Crippen LogP contribution in [0.5, 0.6) is 0 Å². The molecule has 6 nitrogen and oxygen atoms in total. The lowest BCUT2D eigenvalue weighted by atomic mass is 10.0. The molecule has 0 unspecified atom stereocenters. The van der Waals surface area contributed by atoms with Gasteiger partial charge in [0.2, 0.25) is 5.79 Å². The average Bonchev–Trinajstić information content (AvgIpc) is 2.77. The molecule has 6 heteroatoms. The van der Waals surface area contributed by atoms with E-state index >= 15 is 0 Å². The van der Waals surface area contributed by atoms with Crippen molar-refractivity contribution in [1.29, 1.82) is 0 Å². The van der Waals surface area contributed by atoms with Crippen LogP contribution < -0.4 is 0 Å². The maximum atomic E-state index is 9.57. The van der Waals surface area contributed by atoms with Gasteiger partial charge in [0, 0.05) is 0 Å². The van der Waals surface area contributed by atoms with Crippen molar-refractivity contribution in [2.24, 2.45) is 0 Å². The zero-order valence-electron chi connectivity index (χ0n) is 7.63. The van der Waals surface area contributed by atoms with Crippen LogP contribution in [0.3, 0.4) is 0 Å². The second kappa shape index (κ2) is 3.73. The Morgan fingerprint density at radius 2 is 1.86 bits per heavy atom. The fourth-order valence-electron chi connectivity index (χ4n) is 1.80. The molecule has 2 aliphatic heterocycles. The van der Waals surface area contributed by atoms with E-state index in [4.69, 9.17) is 19.3 Å². The Balaban J connectivity index is 2.12. The molecule has 0 radical (unpaired) electrons. The van der Waals surface area contributed by atoms with E-state index in [2.05, 4.69) is 0 Å². The minimum Gasteiger partial charge on any atom is -0.391 e. The predicted octanol–water partition coefficient (Wildman–Crippen LogP) is -2.16. The molecule has 2 rings (SSSR count). The van der Waals surface area contributed by atoms with Gasteiger partial charge < -0.3 is 29.5 Å². The van der Waals surface area contributed by atoms with E-state index in [-0.39, 0.29) is 6.61 Å². The van der Waals surface area contributed by atoms with Gasteiger partial charge in [0.1, 0.15) is 24.9 Å². The van der Waals surface area contributed by atoms with Crippen molar-refractivity contribution in [3.63, 3.8) is 0 Å². The summed E-state index contributed by atoms with van der Waals surface area (Å²) in [7, 11) is 0. The van der Waals surface area contributed by atoms with Crippen molar-refractivity contribution in [2.45, 2.75) is 24.1 Å². The highest BCUT2D eigenvalue weighted by molar-refractivity contribution is 4.95. The molecule has 0 saturated carbocycles. The summed E-state index contributed by atoms with van der Waals surface area (Å²) in [5.74, 6) is -1.31. The molecule has 0 amide bonds. The van der Waals surface area contributed by atoms with E-state index in [1.54, 1.807) is 0 Å². The highest BCUT2D eigenvalue weighted by atomic mass is 16.8. The van der Waals surface area contributed by atoms with Crippen molar-refractivity contribution < 1.29 is 29.5 Å². The first-order valence-corrected chi connectivity index (χ1v) is 4.56.